The van der Waals surface area contributed by atoms with Crippen molar-refractivity contribution in [2.24, 2.45) is 11.8 Å². The highest BCUT2D eigenvalue weighted by atomic mass is 32.1. The first kappa shape index (κ1) is 20.4. The number of carbonyl (C=O) groups is 4. The van der Waals surface area contributed by atoms with Gasteiger partial charge in [-0.1, -0.05) is 6.08 Å². The summed E-state index contributed by atoms with van der Waals surface area (Å²) in [6, 6.07) is 0. The molecule has 1 aromatic heterocycles. The molecule has 8 nitrogen and oxygen atoms in total. The topological polar surface area (TPSA) is 99.2 Å². The van der Waals surface area contributed by atoms with Gasteiger partial charge in [-0.25, -0.2) is 9.69 Å². The summed E-state index contributed by atoms with van der Waals surface area (Å²) < 4.78 is 16.4. The molecule has 4 heterocycles. The van der Waals surface area contributed by atoms with Crippen molar-refractivity contribution in [1.29, 1.82) is 0 Å². The number of esters is 2. The number of imide groups is 1. The van der Waals surface area contributed by atoms with Crippen LogP contribution in [0.4, 0.5) is 5.00 Å². The maximum Gasteiger partial charge on any atom is 0.341 e. The van der Waals surface area contributed by atoms with Gasteiger partial charge in [0, 0.05) is 11.8 Å². The van der Waals surface area contributed by atoms with Gasteiger partial charge >= 0.3 is 11.9 Å². The van der Waals surface area contributed by atoms with E-state index in [0.29, 0.717) is 10.6 Å². The van der Waals surface area contributed by atoms with E-state index >= 15 is 0 Å². The van der Waals surface area contributed by atoms with Gasteiger partial charge in [0.2, 0.25) is 11.8 Å². The number of hydrogen-bond acceptors (Lipinski definition) is 8. The number of carbonyl (C=O) groups excluding carboxylic acids is 4. The maximum atomic E-state index is 13.6. The fourth-order valence-electron chi connectivity index (χ4n) is 5.20. The van der Waals surface area contributed by atoms with Crippen LogP contribution in [0.3, 0.4) is 0 Å². The molecule has 9 heteroatoms. The summed E-state index contributed by atoms with van der Waals surface area (Å²) >= 11 is 1.34. The van der Waals surface area contributed by atoms with Crippen LogP contribution in [0.15, 0.2) is 12.2 Å². The first-order chi connectivity index (χ1) is 14.9. The minimum absolute atomic E-state index is 0.130. The molecule has 1 aromatic rings. The summed E-state index contributed by atoms with van der Waals surface area (Å²) in [6.45, 7) is 3.09. The SMILES string of the molecule is CCOC(=O)c1c(N2C(=O)[C@H]3[C@@H](C2=O)[C@@]2(COC(C)=O)C=C[C@H]3O2)sc2c1CCCC2. The fraction of sp³-hybridized carbons (Fsp3) is 0.545. The van der Waals surface area contributed by atoms with Gasteiger partial charge in [0.25, 0.3) is 0 Å². The molecule has 0 unspecified atom stereocenters. The number of fused-ring (bicyclic) bond motifs is 6. The minimum Gasteiger partial charge on any atom is -0.462 e. The van der Waals surface area contributed by atoms with E-state index in [2.05, 4.69) is 0 Å². The molecule has 5 rings (SSSR count). The van der Waals surface area contributed by atoms with E-state index in [9.17, 15) is 19.2 Å². The van der Waals surface area contributed by atoms with Crippen molar-refractivity contribution in [3.8, 4) is 0 Å². The van der Waals surface area contributed by atoms with Crippen molar-refractivity contribution in [3.63, 3.8) is 0 Å². The molecule has 0 saturated carbocycles. The van der Waals surface area contributed by atoms with Crippen LogP contribution in [-0.4, -0.2) is 48.7 Å². The van der Waals surface area contributed by atoms with Crippen LogP contribution in [-0.2, 0) is 41.4 Å². The Morgan fingerprint density at radius 2 is 2.00 bits per heavy atom. The molecule has 2 bridgehead atoms. The highest BCUT2D eigenvalue weighted by Crippen LogP contribution is 2.54. The third-order valence-electron chi connectivity index (χ3n) is 6.49. The molecule has 0 radical (unpaired) electrons. The number of nitrogens with zero attached hydrogens (tertiary/aromatic N) is 1. The Hall–Kier alpha value is -2.52. The number of ether oxygens (including phenoxy) is 3. The Morgan fingerprint density at radius 1 is 1.23 bits per heavy atom. The Morgan fingerprint density at radius 3 is 2.74 bits per heavy atom. The zero-order valence-electron chi connectivity index (χ0n) is 17.3. The van der Waals surface area contributed by atoms with E-state index in [-0.39, 0.29) is 19.1 Å². The average molecular weight is 445 g/mol. The minimum atomic E-state index is -1.15. The summed E-state index contributed by atoms with van der Waals surface area (Å²) in [7, 11) is 0. The summed E-state index contributed by atoms with van der Waals surface area (Å²) in [4.78, 5) is 53.5. The van der Waals surface area contributed by atoms with E-state index in [1.165, 1.54) is 18.3 Å². The lowest BCUT2D eigenvalue weighted by Gasteiger charge is -2.28. The van der Waals surface area contributed by atoms with E-state index in [1.807, 2.05) is 0 Å². The van der Waals surface area contributed by atoms with Gasteiger partial charge in [-0.2, -0.15) is 0 Å². The Labute approximate surface area is 183 Å². The van der Waals surface area contributed by atoms with Crippen molar-refractivity contribution in [2.45, 2.75) is 51.2 Å². The molecule has 2 saturated heterocycles. The standard InChI is InChI=1S/C22H23NO7S/c1-3-28-21(27)15-12-6-4-5-7-14(12)31-20(15)23-18(25)16-13-8-9-22(30-13,10-29-11(2)24)17(16)19(23)26/h8-9,13,16-17H,3-7,10H2,1-2H3/t13-,16-,17+,22+/m1/s1. The molecular formula is C22H23NO7S. The van der Waals surface area contributed by atoms with Crippen LogP contribution in [0.25, 0.3) is 0 Å². The van der Waals surface area contributed by atoms with Gasteiger partial charge in [-0.15, -0.1) is 11.3 Å². The summed E-state index contributed by atoms with van der Waals surface area (Å²) in [5, 5.41) is 0.358. The molecular weight excluding hydrogens is 422 g/mol. The lowest BCUT2D eigenvalue weighted by atomic mass is 9.77. The predicted molar refractivity (Wildman–Crippen MR) is 110 cm³/mol. The Kier molecular flexibility index (Phi) is 4.78. The van der Waals surface area contributed by atoms with Crippen LogP contribution >= 0.6 is 11.3 Å². The molecule has 2 fully saturated rings. The monoisotopic (exact) mass is 445 g/mol. The number of rotatable bonds is 5. The van der Waals surface area contributed by atoms with Gasteiger partial charge in [0.05, 0.1) is 30.1 Å². The first-order valence-corrected chi connectivity index (χ1v) is 11.4. The number of hydrogen-bond donors (Lipinski definition) is 0. The van der Waals surface area contributed by atoms with Crippen molar-refractivity contribution in [2.75, 3.05) is 18.1 Å². The number of anilines is 1. The van der Waals surface area contributed by atoms with Crippen LogP contribution < -0.4 is 4.90 Å². The van der Waals surface area contributed by atoms with Gasteiger partial charge in [0.15, 0.2) is 0 Å². The molecule has 3 aliphatic heterocycles. The first-order valence-electron chi connectivity index (χ1n) is 10.6. The second-order valence-electron chi connectivity index (χ2n) is 8.30. The van der Waals surface area contributed by atoms with E-state index in [0.717, 1.165) is 41.0 Å². The van der Waals surface area contributed by atoms with Crippen LogP contribution in [0, 0.1) is 11.8 Å². The lowest BCUT2D eigenvalue weighted by Crippen LogP contribution is -2.44. The molecule has 0 N–H and O–H groups in total. The molecule has 4 atom stereocenters. The second-order valence-corrected chi connectivity index (χ2v) is 9.39. The van der Waals surface area contributed by atoms with Gasteiger partial charge in [-0.05, 0) is 44.2 Å². The molecule has 4 aliphatic rings. The third kappa shape index (κ3) is 2.90. The van der Waals surface area contributed by atoms with E-state index in [1.54, 1.807) is 19.1 Å². The lowest BCUT2D eigenvalue weighted by molar-refractivity contribution is -0.150. The molecule has 0 spiro atoms. The second kappa shape index (κ2) is 7.27. The Balaban J connectivity index is 1.56. The average Bonchev–Trinajstić information content (AvgIpc) is 3.46. The Bertz CT molecular complexity index is 1030. The number of thiophene rings is 1. The third-order valence-corrected chi connectivity index (χ3v) is 7.77. The van der Waals surface area contributed by atoms with Crippen LogP contribution in [0.1, 0.15) is 47.5 Å². The number of amides is 2. The predicted octanol–water partition coefficient (Wildman–Crippen LogP) is 2.18. The van der Waals surface area contributed by atoms with E-state index < -0.39 is 41.4 Å². The quantitative estimate of drug-likeness (QED) is 0.389. The fourth-order valence-corrected chi connectivity index (χ4v) is 6.59. The van der Waals surface area contributed by atoms with Gasteiger partial charge < -0.3 is 14.2 Å². The molecule has 2 amide bonds. The maximum absolute atomic E-state index is 13.6. The van der Waals surface area contributed by atoms with Gasteiger partial charge in [-0.3, -0.25) is 14.4 Å². The highest BCUT2D eigenvalue weighted by Gasteiger charge is 2.68. The van der Waals surface area contributed by atoms with Crippen molar-refractivity contribution in [3.05, 3.63) is 28.2 Å². The molecule has 1 aliphatic carbocycles. The zero-order valence-corrected chi connectivity index (χ0v) is 18.2. The highest BCUT2D eigenvalue weighted by molar-refractivity contribution is 7.17. The summed E-state index contributed by atoms with van der Waals surface area (Å²) in [5.74, 6) is -3.26. The van der Waals surface area contributed by atoms with Crippen molar-refractivity contribution >= 4 is 40.1 Å². The molecule has 164 valence electrons. The van der Waals surface area contributed by atoms with E-state index in [4.69, 9.17) is 14.2 Å². The number of aryl methyl sites for hydroxylation is 1. The normalized spacial score (nSPS) is 30.5. The van der Waals surface area contributed by atoms with Gasteiger partial charge in [0.1, 0.15) is 17.2 Å². The zero-order chi connectivity index (χ0) is 21.9. The van der Waals surface area contributed by atoms with Crippen molar-refractivity contribution in [1.82, 2.24) is 0 Å². The smallest absolute Gasteiger partial charge is 0.341 e. The largest absolute Gasteiger partial charge is 0.462 e. The summed E-state index contributed by atoms with van der Waals surface area (Å²) in [5.41, 5.74) is 0.0940. The molecule has 31 heavy (non-hydrogen) atoms. The summed E-state index contributed by atoms with van der Waals surface area (Å²) in [6.07, 6.45) is 6.43. The van der Waals surface area contributed by atoms with Crippen LogP contribution in [0.2, 0.25) is 0 Å². The molecule has 0 aromatic carbocycles. The van der Waals surface area contributed by atoms with Crippen LogP contribution in [0.5, 0.6) is 0 Å². The van der Waals surface area contributed by atoms with Crippen molar-refractivity contribution < 1.29 is 33.4 Å².